The molecule has 1 aliphatic heterocycles. The Morgan fingerprint density at radius 1 is 1.27 bits per heavy atom. The summed E-state index contributed by atoms with van der Waals surface area (Å²) in [5.41, 5.74) is 2.42. The number of carboxylic acid groups (broad SMARTS) is 1. The van der Waals surface area contributed by atoms with E-state index in [1.807, 2.05) is 11.9 Å². The van der Waals surface area contributed by atoms with Crippen molar-refractivity contribution in [1.29, 1.82) is 0 Å². The smallest absolute Gasteiger partial charge is 0.304 e. The van der Waals surface area contributed by atoms with Crippen molar-refractivity contribution in [3.05, 3.63) is 29.8 Å². The second kappa shape index (κ2) is 7.61. The average molecular weight is 306 g/mol. The fourth-order valence-electron chi connectivity index (χ4n) is 2.88. The van der Waals surface area contributed by atoms with E-state index in [0.29, 0.717) is 6.54 Å². The first kappa shape index (κ1) is 16.8. The molecule has 0 amide bonds. The number of anilines is 1. The van der Waals surface area contributed by atoms with Crippen LogP contribution in [0.5, 0.6) is 0 Å². The van der Waals surface area contributed by atoms with Gasteiger partial charge in [0.15, 0.2) is 0 Å². The second-order valence-corrected chi connectivity index (χ2v) is 6.21. The molecule has 1 fully saturated rings. The van der Waals surface area contributed by atoms with Gasteiger partial charge in [-0.15, -0.1) is 0 Å². The summed E-state index contributed by atoms with van der Waals surface area (Å²) in [6, 6.07) is 8.53. The highest BCUT2D eigenvalue weighted by atomic mass is 16.5. The van der Waals surface area contributed by atoms with Gasteiger partial charge >= 0.3 is 5.97 Å². The first-order chi connectivity index (χ1) is 10.4. The lowest BCUT2D eigenvalue weighted by Crippen LogP contribution is -2.45. The lowest BCUT2D eigenvalue weighted by Gasteiger charge is -2.37. The third kappa shape index (κ3) is 5.00. The maximum atomic E-state index is 10.6. The number of hydrogen-bond acceptors (Lipinski definition) is 4. The SMILES string of the molecule is CC1CN(c2ccc(CN(C)CCC(=O)O)cc2)CC(C)O1. The molecule has 5 heteroatoms. The Morgan fingerprint density at radius 3 is 2.41 bits per heavy atom. The number of ether oxygens (including phenoxy) is 1. The molecule has 0 spiro atoms. The maximum Gasteiger partial charge on any atom is 0.304 e. The number of benzene rings is 1. The predicted molar refractivity (Wildman–Crippen MR) is 87.3 cm³/mol. The molecule has 5 nitrogen and oxygen atoms in total. The quantitative estimate of drug-likeness (QED) is 0.873. The molecular formula is C17H26N2O3. The highest BCUT2D eigenvalue weighted by molar-refractivity contribution is 5.66. The topological polar surface area (TPSA) is 53.0 Å². The van der Waals surface area contributed by atoms with Crippen LogP contribution < -0.4 is 4.90 Å². The Morgan fingerprint density at radius 2 is 1.86 bits per heavy atom. The van der Waals surface area contributed by atoms with Crippen molar-refractivity contribution in [1.82, 2.24) is 4.90 Å². The zero-order valence-corrected chi connectivity index (χ0v) is 13.7. The van der Waals surface area contributed by atoms with Gasteiger partial charge in [0.1, 0.15) is 0 Å². The van der Waals surface area contributed by atoms with Gasteiger partial charge in [-0.2, -0.15) is 0 Å². The summed E-state index contributed by atoms with van der Waals surface area (Å²) in [5.74, 6) is -0.752. The van der Waals surface area contributed by atoms with Crippen molar-refractivity contribution in [2.45, 2.75) is 39.0 Å². The summed E-state index contributed by atoms with van der Waals surface area (Å²) in [5, 5.41) is 8.71. The number of carbonyl (C=O) groups is 1. The molecule has 0 bridgehead atoms. The predicted octanol–water partition coefficient (Wildman–Crippen LogP) is 2.21. The van der Waals surface area contributed by atoms with E-state index >= 15 is 0 Å². The molecule has 0 aliphatic carbocycles. The minimum absolute atomic E-state index is 0.179. The molecule has 122 valence electrons. The highest BCUT2D eigenvalue weighted by Crippen LogP contribution is 2.21. The monoisotopic (exact) mass is 306 g/mol. The normalized spacial score (nSPS) is 22.1. The van der Waals surface area contributed by atoms with Crippen LogP contribution >= 0.6 is 0 Å². The van der Waals surface area contributed by atoms with Gasteiger partial charge in [-0.1, -0.05) is 12.1 Å². The molecule has 22 heavy (non-hydrogen) atoms. The molecule has 1 heterocycles. The van der Waals surface area contributed by atoms with Crippen molar-refractivity contribution >= 4 is 11.7 Å². The van der Waals surface area contributed by atoms with E-state index in [1.165, 1.54) is 11.3 Å². The third-order valence-electron chi connectivity index (χ3n) is 3.88. The summed E-state index contributed by atoms with van der Waals surface area (Å²) >= 11 is 0. The molecule has 0 aromatic heterocycles. The summed E-state index contributed by atoms with van der Waals surface area (Å²) in [6.45, 7) is 7.38. The van der Waals surface area contributed by atoms with Crippen LogP contribution in [0, 0.1) is 0 Å². The van der Waals surface area contributed by atoms with Gasteiger partial charge in [0.05, 0.1) is 18.6 Å². The summed E-state index contributed by atoms with van der Waals surface area (Å²) in [7, 11) is 1.95. The summed E-state index contributed by atoms with van der Waals surface area (Å²) < 4.78 is 5.76. The van der Waals surface area contributed by atoms with Crippen LogP contribution in [-0.4, -0.2) is 54.9 Å². The Kier molecular flexibility index (Phi) is 5.80. The number of carboxylic acids is 1. The first-order valence-corrected chi connectivity index (χ1v) is 7.83. The van der Waals surface area contributed by atoms with Gasteiger partial charge in [-0.25, -0.2) is 0 Å². The Balaban J connectivity index is 1.91. The maximum absolute atomic E-state index is 10.6. The Labute approximate surface area is 132 Å². The van der Waals surface area contributed by atoms with Gasteiger partial charge in [0.2, 0.25) is 0 Å². The van der Waals surface area contributed by atoms with Crippen LogP contribution in [0.15, 0.2) is 24.3 Å². The Bertz CT molecular complexity index is 479. The van der Waals surface area contributed by atoms with Crippen molar-refractivity contribution in [2.75, 3.05) is 31.6 Å². The van der Waals surface area contributed by atoms with E-state index in [1.54, 1.807) is 0 Å². The van der Waals surface area contributed by atoms with Gasteiger partial charge in [-0.3, -0.25) is 4.79 Å². The van der Waals surface area contributed by atoms with E-state index in [2.05, 4.69) is 43.0 Å². The van der Waals surface area contributed by atoms with Crippen LogP contribution in [-0.2, 0) is 16.1 Å². The van der Waals surface area contributed by atoms with E-state index in [-0.39, 0.29) is 18.6 Å². The zero-order valence-electron chi connectivity index (χ0n) is 13.7. The van der Waals surface area contributed by atoms with Gasteiger partial charge in [-0.05, 0) is 38.6 Å². The first-order valence-electron chi connectivity index (χ1n) is 7.83. The van der Waals surface area contributed by atoms with Crippen molar-refractivity contribution in [3.63, 3.8) is 0 Å². The third-order valence-corrected chi connectivity index (χ3v) is 3.88. The minimum Gasteiger partial charge on any atom is -0.481 e. The second-order valence-electron chi connectivity index (χ2n) is 6.21. The molecule has 1 N–H and O–H groups in total. The lowest BCUT2D eigenvalue weighted by atomic mass is 10.1. The lowest BCUT2D eigenvalue weighted by molar-refractivity contribution is -0.137. The van der Waals surface area contributed by atoms with Crippen LogP contribution in [0.2, 0.25) is 0 Å². The number of rotatable bonds is 6. The van der Waals surface area contributed by atoms with E-state index in [0.717, 1.165) is 19.6 Å². The van der Waals surface area contributed by atoms with Gasteiger partial charge < -0.3 is 19.6 Å². The minimum atomic E-state index is -0.752. The molecule has 1 aliphatic rings. The number of hydrogen-bond donors (Lipinski definition) is 1. The molecule has 2 unspecified atom stereocenters. The van der Waals surface area contributed by atoms with E-state index < -0.39 is 5.97 Å². The van der Waals surface area contributed by atoms with Crippen molar-refractivity contribution < 1.29 is 14.6 Å². The van der Waals surface area contributed by atoms with E-state index in [4.69, 9.17) is 9.84 Å². The number of morpholine rings is 1. The molecule has 0 radical (unpaired) electrons. The molecule has 1 aromatic rings. The fourth-order valence-corrected chi connectivity index (χ4v) is 2.88. The van der Waals surface area contributed by atoms with Gasteiger partial charge in [0.25, 0.3) is 0 Å². The number of nitrogens with zero attached hydrogens (tertiary/aromatic N) is 2. The molecule has 2 atom stereocenters. The van der Waals surface area contributed by atoms with Gasteiger partial charge in [0, 0.05) is 31.9 Å². The average Bonchev–Trinajstić information content (AvgIpc) is 2.45. The number of aliphatic carboxylic acids is 1. The molecular weight excluding hydrogens is 280 g/mol. The standard InChI is InChI=1S/C17H26N2O3/c1-13-10-19(11-14(2)22-13)16-6-4-15(5-7-16)12-18(3)9-8-17(20)21/h4-7,13-14H,8-12H2,1-3H3,(H,20,21). The van der Waals surface area contributed by atoms with Crippen LogP contribution in [0.25, 0.3) is 0 Å². The van der Waals surface area contributed by atoms with Crippen molar-refractivity contribution in [2.24, 2.45) is 0 Å². The molecule has 0 saturated carbocycles. The molecule has 1 aromatic carbocycles. The Hall–Kier alpha value is -1.59. The van der Waals surface area contributed by atoms with Crippen LogP contribution in [0.1, 0.15) is 25.8 Å². The van der Waals surface area contributed by atoms with Crippen LogP contribution in [0.4, 0.5) is 5.69 Å². The molecule has 2 rings (SSSR count). The highest BCUT2D eigenvalue weighted by Gasteiger charge is 2.22. The summed E-state index contributed by atoms with van der Waals surface area (Å²) in [4.78, 5) is 15.0. The van der Waals surface area contributed by atoms with Crippen molar-refractivity contribution in [3.8, 4) is 0 Å². The largest absolute Gasteiger partial charge is 0.481 e. The van der Waals surface area contributed by atoms with Crippen LogP contribution in [0.3, 0.4) is 0 Å². The van der Waals surface area contributed by atoms with E-state index in [9.17, 15) is 4.79 Å². The summed E-state index contributed by atoms with van der Waals surface area (Å²) in [6.07, 6.45) is 0.689. The fraction of sp³-hybridized carbons (Fsp3) is 0.588. The zero-order chi connectivity index (χ0) is 16.1. The molecule has 1 saturated heterocycles.